The van der Waals surface area contributed by atoms with E-state index in [0.29, 0.717) is 15.6 Å². The van der Waals surface area contributed by atoms with Crippen LogP contribution in [-0.4, -0.2) is 6.04 Å². The molecular formula is C10H13ClFNS. The number of hydrogen-bond donors (Lipinski definition) is 1. The van der Waals surface area contributed by atoms with Crippen LogP contribution in [0.5, 0.6) is 0 Å². The highest BCUT2D eigenvalue weighted by atomic mass is 35.5. The van der Waals surface area contributed by atoms with E-state index in [1.807, 2.05) is 13.8 Å². The summed E-state index contributed by atoms with van der Waals surface area (Å²) in [5, 5.41) is 0. The Hall–Kier alpha value is -0.120. The van der Waals surface area contributed by atoms with Crippen LogP contribution in [0.2, 0.25) is 4.34 Å². The van der Waals surface area contributed by atoms with Gasteiger partial charge in [0.05, 0.1) is 4.34 Å². The molecule has 14 heavy (non-hydrogen) atoms. The number of thiophene rings is 1. The van der Waals surface area contributed by atoms with E-state index in [4.69, 9.17) is 17.3 Å². The third kappa shape index (κ3) is 1.16. The minimum absolute atomic E-state index is 0.0617. The molecule has 2 atom stereocenters. The zero-order chi connectivity index (χ0) is 10.6. The molecule has 2 rings (SSSR count). The van der Waals surface area contributed by atoms with Crippen LogP contribution in [0.25, 0.3) is 0 Å². The lowest BCUT2D eigenvalue weighted by Gasteiger charge is -2.54. The second-order valence-electron chi connectivity index (χ2n) is 4.44. The van der Waals surface area contributed by atoms with Crippen molar-refractivity contribution < 1.29 is 4.39 Å². The smallest absolute Gasteiger partial charge is 0.153 e. The molecule has 1 aromatic rings. The zero-order valence-electron chi connectivity index (χ0n) is 8.18. The first kappa shape index (κ1) is 10.4. The van der Waals surface area contributed by atoms with Crippen molar-refractivity contribution in [2.45, 2.75) is 32.0 Å². The summed E-state index contributed by atoms with van der Waals surface area (Å²) in [5.74, 6) is 0. The Labute approximate surface area is 92.1 Å². The van der Waals surface area contributed by atoms with E-state index in [1.54, 1.807) is 12.1 Å². The van der Waals surface area contributed by atoms with Gasteiger partial charge in [0.1, 0.15) is 0 Å². The van der Waals surface area contributed by atoms with Gasteiger partial charge in [-0.05, 0) is 12.1 Å². The predicted molar refractivity (Wildman–Crippen MR) is 58.5 cm³/mol. The van der Waals surface area contributed by atoms with Crippen molar-refractivity contribution in [2.75, 3.05) is 0 Å². The van der Waals surface area contributed by atoms with Gasteiger partial charge < -0.3 is 5.73 Å². The second kappa shape index (κ2) is 2.94. The highest BCUT2D eigenvalue weighted by molar-refractivity contribution is 7.16. The standard InChI is InChI=1S/C10H13ClFNS/c1-9(2)6(13)5-10(9,12)7-3-4-8(11)14-7/h3-4,6H,5,13H2,1-2H3. The minimum Gasteiger partial charge on any atom is -0.327 e. The highest BCUT2D eigenvalue weighted by Gasteiger charge is 2.61. The van der Waals surface area contributed by atoms with Crippen LogP contribution in [0.3, 0.4) is 0 Å². The van der Waals surface area contributed by atoms with Gasteiger partial charge in [0.15, 0.2) is 5.67 Å². The molecule has 0 radical (unpaired) electrons. The Bertz CT molecular complexity index is 363. The molecule has 1 nitrogen and oxygen atoms in total. The van der Waals surface area contributed by atoms with Gasteiger partial charge in [-0.25, -0.2) is 4.39 Å². The molecular weight excluding hydrogens is 221 g/mol. The molecule has 78 valence electrons. The van der Waals surface area contributed by atoms with Crippen LogP contribution in [0.4, 0.5) is 4.39 Å². The molecule has 1 aromatic heterocycles. The van der Waals surface area contributed by atoms with Crippen LogP contribution in [0, 0.1) is 5.41 Å². The number of nitrogens with two attached hydrogens (primary N) is 1. The average molecular weight is 234 g/mol. The second-order valence-corrected chi connectivity index (χ2v) is 6.15. The van der Waals surface area contributed by atoms with Crippen molar-refractivity contribution in [2.24, 2.45) is 11.1 Å². The Morgan fingerprint density at radius 3 is 2.57 bits per heavy atom. The first-order valence-corrected chi connectivity index (χ1v) is 5.78. The van der Waals surface area contributed by atoms with E-state index < -0.39 is 11.1 Å². The third-order valence-corrected chi connectivity index (χ3v) is 4.78. The first-order chi connectivity index (χ1) is 6.38. The normalized spacial score (nSPS) is 35.4. The van der Waals surface area contributed by atoms with Crippen LogP contribution in [-0.2, 0) is 5.67 Å². The molecule has 2 unspecified atom stereocenters. The molecule has 0 amide bonds. The Kier molecular flexibility index (Phi) is 2.18. The van der Waals surface area contributed by atoms with Crippen molar-refractivity contribution in [3.8, 4) is 0 Å². The van der Waals surface area contributed by atoms with Crippen molar-refractivity contribution in [3.05, 3.63) is 21.3 Å². The molecule has 1 saturated carbocycles. The molecule has 1 aliphatic rings. The summed E-state index contributed by atoms with van der Waals surface area (Å²) >= 11 is 7.11. The fourth-order valence-electron chi connectivity index (χ4n) is 1.93. The van der Waals surface area contributed by atoms with E-state index in [-0.39, 0.29) is 6.04 Å². The number of halogens is 2. The van der Waals surface area contributed by atoms with Gasteiger partial charge >= 0.3 is 0 Å². The highest BCUT2D eigenvalue weighted by Crippen LogP contribution is 2.59. The van der Waals surface area contributed by atoms with E-state index >= 15 is 0 Å². The largest absolute Gasteiger partial charge is 0.327 e. The summed E-state index contributed by atoms with van der Waals surface area (Å²) in [6, 6.07) is 3.44. The molecule has 2 N–H and O–H groups in total. The molecule has 1 heterocycles. The number of rotatable bonds is 1. The maximum Gasteiger partial charge on any atom is 0.153 e. The van der Waals surface area contributed by atoms with Gasteiger partial charge in [0, 0.05) is 22.8 Å². The lowest BCUT2D eigenvalue weighted by atomic mass is 9.56. The lowest BCUT2D eigenvalue weighted by Crippen LogP contribution is -2.62. The van der Waals surface area contributed by atoms with Gasteiger partial charge in [-0.15, -0.1) is 11.3 Å². The zero-order valence-corrected chi connectivity index (χ0v) is 9.75. The van der Waals surface area contributed by atoms with E-state index in [2.05, 4.69) is 0 Å². The van der Waals surface area contributed by atoms with Gasteiger partial charge in [-0.1, -0.05) is 25.4 Å². The van der Waals surface area contributed by atoms with Crippen molar-refractivity contribution in [1.29, 1.82) is 0 Å². The lowest BCUT2D eigenvalue weighted by molar-refractivity contribution is -0.105. The van der Waals surface area contributed by atoms with Crippen LogP contribution >= 0.6 is 22.9 Å². The van der Waals surface area contributed by atoms with Crippen LogP contribution in [0.1, 0.15) is 25.1 Å². The third-order valence-electron chi connectivity index (χ3n) is 3.41. The van der Waals surface area contributed by atoms with Crippen LogP contribution in [0.15, 0.2) is 12.1 Å². The molecule has 0 saturated heterocycles. The fourth-order valence-corrected chi connectivity index (χ4v) is 3.23. The number of alkyl halides is 1. The number of hydrogen-bond acceptors (Lipinski definition) is 2. The van der Waals surface area contributed by atoms with E-state index in [1.165, 1.54) is 11.3 Å². The first-order valence-electron chi connectivity index (χ1n) is 4.58. The molecule has 0 bridgehead atoms. The summed E-state index contributed by atoms with van der Waals surface area (Å²) in [6.07, 6.45) is 0.400. The average Bonchev–Trinajstić information content (AvgIpc) is 2.52. The maximum atomic E-state index is 14.6. The van der Waals surface area contributed by atoms with Crippen molar-refractivity contribution in [3.63, 3.8) is 0 Å². The van der Waals surface area contributed by atoms with Crippen LogP contribution < -0.4 is 5.73 Å². The molecule has 1 fully saturated rings. The monoisotopic (exact) mass is 233 g/mol. The fraction of sp³-hybridized carbons (Fsp3) is 0.600. The van der Waals surface area contributed by atoms with Gasteiger partial charge in [-0.3, -0.25) is 0 Å². The quantitative estimate of drug-likeness (QED) is 0.791. The van der Waals surface area contributed by atoms with Gasteiger partial charge in [0.25, 0.3) is 0 Å². The van der Waals surface area contributed by atoms with Gasteiger partial charge in [-0.2, -0.15) is 0 Å². The Morgan fingerprint density at radius 2 is 2.21 bits per heavy atom. The molecule has 4 heteroatoms. The summed E-state index contributed by atoms with van der Waals surface area (Å²) in [4.78, 5) is 0.703. The summed E-state index contributed by atoms with van der Waals surface area (Å²) in [7, 11) is 0. The van der Waals surface area contributed by atoms with Crippen molar-refractivity contribution in [1.82, 2.24) is 0 Å². The summed E-state index contributed by atoms with van der Waals surface area (Å²) < 4.78 is 15.2. The topological polar surface area (TPSA) is 26.0 Å². The van der Waals surface area contributed by atoms with Crippen molar-refractivity contribution >= 4 is 22.9 Å². The molecule has 0 aliphatic heterocycles. The molecule has 1 aliphatic carbocycles. The van der Waals surface area contributed by atoms with Gasteiger partial charge in [0.2, 0.25) is 0 Å². The SMILES string of the molecule is CC1(C)C(N)CC1(F)c1ccc(Cl)s1. The van der Waals surface area contributed by atoms with E-state index in [9.17, 15) is 4.39 Å². The molecule has 0 aromatic carbocycles. The minimum atomic E-state index is -1.29. The summed E-state index contributed by atoms with van der Waals surface area (Å²) in [6.45, 7) is 3.74. The van der Waals surface area contributed by atoms with E-state index in [0.717, 1.165) is 0 Å². The predicted octanol–water partition coefficient (Wildman–Crippen LogP) is 3.32. The molecule has 0 spiro atoms. The Morgan fingerprint density at radius 1 is 1.57 bits per heavy atom. The maximum absolute atomic E-state index is 14.6. The summed E-state index contributed by atoms with van der Waals surface area (Å²) in [5.41, 5.74) is 4.04. The Balaban J connectivity index is 2.36.